The van der Waals surface area contributed by atoms with Gasteiger partial charge in [-0.25, -0.2) is 4.79 Å². The van der Waals surface area contributed by atoms with E-state index in [-0.39, 0.29) is 46.3 Å². The summed E-state index contributed by atoms with van der Waals surface area (Å²) >= 11 is 12.1. The molecule has 1 aliphatic heterocycles. The number of piperidine rings is 1. The summed E-state index contributed by atoms with van der Waals surface area (Å²) in [5, 5.41) is 17.9. The molecule has 12 heteroatoms. The minimum Gasteiger partial charge on any atom is -0.480 e. The number of hydrogen-bond acceptors (Lipinski definition) is 5. The summed E-state index contributed by atoms with van der Waals surface area (Å²) in [6.45, 7) is 1.36. The molecule has 1 spiro atoms. The van der Waals surface area contributed by atoms with Crippen molar-refractivity contribution in [1.82, 2.24) is 20.9 Å². The Labute approximate surface area is 266 Å². The predicted octanol–water partition coefficient (Wildman–Crippen LogP) is 4.33. The lowest BCUT2D eigenvalue weighted by Gasteiger charge is -2.40. The highest BCUT2D eigenvalue weighted by molar-refractivity contribution is 6.35. The van der Waals surface area contributed by atoms with E-state index in [2.05, 4.69) is 16.0 Å². The van der Waals surface area contributed by atoms with Crippen LogP contribution < -0.4 is 16.0 Å². The molecule has 2 atom stereocenters. The van der Waals surface area contributed by atoms with Gasteiger partial charge in [-0.2, -0.15) is 0 Å². The van der Waals surface area contributed by atoms with Gasteiger partial charge in [0.2, 0.25) is 17.7 Å². The van der Waals surface area contributed by atoms with Gasteiger partial charge in [0.15, 0.2) is 0 Å². The first-order valence-corrected chi connectivity index (χ1v) is 15.7. The molecule has 2 aromatic rings. The van der Waals surface area contributed by atoms with E-state index < -0.39 is 42.2 Å². The standard InChI is InChI=1S/C32H38Cl2N4O6/c33-23-16-22(17-24(34)18-23)29(41)37-25(30(42)38-14-12-32(13-15-38)10-4-5-11-32)8-9-27(39)36-26(31(43)44)19-28(40)35-20-21-6-2-1-3-7-21/h1-3,6-7,16-18,25-26H,4-5,8-15,19-20H2,(H,35,40)(H,36,39)(H,37,41)(H,43,44)/t25-,26?/m1/s1. The number of nitrogens with one attached hydrogen (secondary N) is 3. The van der Waals surface area contributed by atoms with Crippen molar-refractivity contribution in [2.75, 3.05) is 13.1 Å². The highest BCUT2D eigenvalue weighted by atomic mass is 35.5. The zero-order valence-corrected chi connectivity index (χ0v) is 26.0. The van der Waals surface area contributed by atoms with Crippen LogP contribution in [0.4, 0.5) is 0 Å². The van der Waals surface area contributed by atoms with E-state index in [9.17, 15) is 29.1 Å². The quantitative estimate of drug-likeness (QED) is 0.271. The first-order chi connectivity index (χ1) is 21.0. The predicted molar refractivity (Wildman–Crippen MR) is 166 cm³/mol. The maximum atomic E-state index is 13.7. The first-order valence-electron chi connectivity index (χ1n) is 14.9. The van der Waals surface area contributed by atoms with Crippen molar-refractivity contribution >= 4 is 52.8 Å². The normalized spacial score (nSPS) is 17.0. The summed E-state index contributed by atoms with van der Waals surface area (Å²) in [4.78, 5) is 65.6. The van der Waals surface area contributed by atoms with Crippen LogP contribution in [-0.2, 0) is 25.7 Å². The van der Waals surface area contributed by atoms with Gasteiger partial charge in [-0.15, -0.1) is 0 Å². The van der Waals surface area contributed by atoms with Crippen molar-refractivity contribution in [3.63, 3.8) is 0 Å². The van der Waals surface area contributed by atoms with Crippen LogP contribution in [0.1, 0.15) is 73.7 Å². The Hall–Kier alpha value is -3.63. The summed E-state index contributed by atoms with van der Waals surface area (Å²) in [7, 11) is 0. The fourth-order valence-electron chi connectivity index (χ4n) is 6.03. The molecule has 4 N–H and O–H groups in total. The molecule has 0 aromatic heterocycles. The van der Waals surface area contributed by atoms with Crippen molar-refractivity contribution < 1.29 is 29.1 Å². The van der Waals surface area contributed by atoms with Crippen molar-refractivity contribution in [2.24, 2.45) is 5.41 Å². The molecule has 0 bridgehead atoms. The van der Waals surface area contributed by atoms with Gasteiger partial charge in [0.05, 0.1) is 6.42 Å². The number of carbonyl (C=O) groups excluding carboxylic acids is 4. The number of halogens is 2. The molecule has 1 aliphatic carbocycles. The molecule has 236 valence electrons. The van der Waals surface area contributed by atoms with Crippen molar-refractivity contribution in [2.45, 2.75) is 76.4 Å². The Morgan fingerprint density at radius 1 is 0.841 bits per heavy atom. The van der Waals surface area contributed by atoms with E-state index in [0.717, 1.165) is 18.4 Å². The molecule has 1 heterocycles. The lowest BCUT2D eigenvalue weighted by Crippen LogP contribution is -2.52. The number of likely N-dealkylation sites (tertiary alicyclic amines) is 1. The van der Waals surface area contributed by atoms with Gasteiger partial charge in [-0.3, -0.25) is 19.2 Å². The first kappa shape index (κ1) is 33.3. The Bertz CT molecular complexity index is 1340. The van der Waals surface area contributed by atoms with Crippen LogP contribution in [0, 0.1) is 5.41 Å². The smallest absolute Gasteiger partial charge is 0.326 e. The van der Waals surface area contributed by atoms with E-state index in [1.165, 1.54) is 43.9 Å². The SMILES string of the molecule is O=C(CC(NC(=O)CC[C@@H](NC(=O)c1cc(Cl)cc(Cl)c1)C(=O)N1CCC2(CCCC2)CC1)C(=O)O)NCc1ccccc1. The summed E-state index contributed by atoms with van der Waals surface area (Å²) in [5.41, 5.74) is 1.30. The van der Waals surface area contributed by atoms with Gasteiger partial charge < -0.3 is 26.0 Å². The molecular formula is C32H38Cl2N4O6. The zero-order chi connectivity index (χ0) is 31.7. The molecule has 1 unspecified atom stereocenters. The van der Waals surface area contributed by atoms with Crippen molar-refractivity contribution in [3.8, 4) is 0 Å². The van der Waals surface area contributed by atoms with E-state index in [1.807, 2.05) is 30.3 Å². The highest BCUT2D eigenvalue weighted by Gasteiger charge is 2.39. The average molecular weight is 646 g/mol. The van der Waals surface area contributed by atoms with Crippen LogP contribution in [0.25, 0.3) is 0 Å². The second kappa shape index (κ2) is 15.4. The Balaban J connectivity index is 1.37. The molecule has 2 aliphatic rings. The van der Waals surface area contributed by atoms with E-state index in [1.54, 1.807) is 4.90 Å². The molecule has 4 amide bonds. The van der Waals surface area contributed by atoms with Gasteiger partial charge >= 0.3 is 5.97 Å². The molecule has 10 nitrogen and oxygen atoms in total. The topological polar surface area (TPSA) is 145 Å². The molecule has 44 heavy (non-hydrogen) atoms. The number of nitrogens with zero attached hydrogens (tertiary/aromatic N) is 1. The minimum atomic E-state index is -1.46. The summed E-state index contributed by atoms with van der Waals surface area (Å²) in [5.74, 6) is -3.43. The number of rotatable bonds is 12. The van der Waals surface area contributed by atoms with E-state index in [0.29, 0.717) is 13.1 Å². The van der Waals surface area contributed by atoms with Crippen LogP contribution in [-0.4, -0.2) is 64.8 Å². The van der Waals surface area contributed by atoms with Crippen LogP contribution >= 0.6 is 23.2 Å². The Morgan fingerprint density at radius 3 is 2.09 bits per heavy atom. The van der Waals surface area contributed by atoms with Crippen LogP contribution in [0.2, 0.25) is 10.0 Å². The third-order valence-electron chi connectivity index (χ3n) is 8.54. The molecule has 2 fully saturated rings. The average Bonchev–Trinajstić information content (AvgIpc) is 3.45. The number of carbonyl (C=O) groups is 5. The van der Waals surface area contributed by atoms with E-state index >= 15 is 0 Å². The minimum absolute atomic E-state index is 0.0705. The zero-order valence-electron chi connectivity index (χ0n) is 24.5. The number of aliphatic carboxylic acids is 1. The Morgan fingerprint density at radius 2 is 1.48 bits per heavy atom. The van der Waals surface area contributed by atoms with Crippen LogP contribution in [0.3, 0.4) is 0 Å². The number of hydrogen-bond donors (Lipinski definition) is 4. The number of carboxylic acids is 1. The third kappa shape index (κ3) is 9.43. The molecular weight excluding hydrogens is 607 g/mol. The Kier molecular flexibility index (Phi) is 11.6. The monoisotopic (exact) mass is 644 g/mol. The largest absolute Gasteiger partial charge is 0.480 e. The lowest BCUT2D eigenvalue weighted by atomic mass is 9.77. The van der Waals surface area contributed by atoms with Gasteiger partial charge in [0, 0.05) is 41.7 Å². The number of carboxylic acid groups (broad SMARTS) is 1. The number of benzene rings is 2. The maximum Gasteiger partial charge on any atom is 0.326 e. The number of amides is 4. The highest BCUT2D eigenvalue weighted by Crippen LogP contribution is 2.46. The fourth-order valence-corrected chi connectivity index (χ4v) is 6.55. The fraction of sp³-hybridized carbons (Fsp3) is 0.469. The summed E-state index contributed by atoms with van der Waals surface area (Å²) in [6, 6.07) is 11.0. The molecule has 4 rings (SSSR count). The van der Waals surface area contributed by atoms with Crippen molar-refractivity contribution in [1.29, 1.82) is 0 Å². The van der Waals surface area contributed by atoms with E-state index in [4.69, 9.17) is 23.2 Å². The second-order valence-corrected chi connectivity index (χ2v) is 12.6. The second-order valence-electron chi connectivity index (χ2n) is 11.7. The summed E-state index contributed by atoms with van der Waals surface area (Å²) < 4.78 is 0. The lowest BCUT2D eigenvalue weighted by molar-refractivity contribution is -0.143. The van der Waals surface area contributed by atoms with Gasteiger partial charge in [0.25, 0.3) is 5.91 Å². The third-order valence-corrected chi connectivity index (χ3v) is 8.98. The molecule has 0 radical (unpaired) electrons. The maximum absolute atomic E-state index is 13.7. The van der Waals surface area contributed by atoms with Gasteiger partial charge in [-0.05, 0) is 61.3 Å². The van der Waals surface area contributed by atoms with Gasteiger partial charge in [0.1, 0.15) is 12.1 Å². The van der Waals surface area contributed by atoms with Crippen molar-refractivity contribution in [3.05, 3.63) is 69.7 Å². The van der Waals surface area contributed by atoms with Crippen LogP contribution in [0.5, 0.6) is 0 Å². The van der Waals surface area contributed by atoms with Crippen LogP contribution in [0.15, 0.2) is 48.5 Å². The molecule has 1 saturated carbocycles. The molecule has 1 saturated heterocycles. The molecule has 2 aromatic carbocycles. The van der Waals surface area contributed by atoms with Gasteiger partial charge in [-0.1, -0.05) is 66.4 Å². The summed E-state index contributed by atoms with van der Waals surface area (Å²) in [6.07, 6.45) is 5.76.